The van der Waals surface area contributed by atoms with E-state index >= 15 is 0 Å². The number of sulfonamides is 1. The molecule has 1 atom stereocenters. The third-order valence-electron chi connectivity index (χ3n) is 3.71. The normalized spacial score (nSPS) is 18.7. The Bertz CT molecular complexity index is 680. The summed E-state index contributed by atoms with van der Waals surface area (Å²) in [5.41, 5.74) is 1.12. The molecule has 1 aliphatic rings. The fourth-order valence-corrected chi connectivity index (χ4v) is 3.25. The number of rotatable bonds is 6. The highest BCUT2D eigenvalue weighted by molar-refractivity contribution is 7.88. The maximum atomic E-state index is 11.0. The van der Waals surface area contributed by atoms with Crippen LogP contribution in [0.25, 0.3) is 0 Å². The Morgan fingerprint density at radius 3 is 2.88 bits per heavy atom. The molecule has 1 aromatic carbocycles. The van der Waals surface area contributed by atoms with Crippen molar-refractivity contribution in [1.29, 1.82) is 0 Å². The van der Waals surface area contributed by atoms with Gasteiger partial charge in [0.25, 0.3) is 0 Å². The Morgan fingerprint density at radius 1 is 1.42 bits per heavy atom. The molecule has 0 saturated carbocycles. The van der Waals surface area contributed by atoms with Gasteiger partial charge in [-0.25, -0.2) is 13.1 Å². The van der Waals surface area contributed by atoms with E-state index in [2.05, 4.69) is 31.3 Å². The van der Waals surface area contributed by atoms with Crippen molar-refractivity contribution in [2.24, 2.45) is 4.99 Å². The molecular weight excluding hydrogens is 350 g/mol. The van der Waals surface area contributed by atoms with Crippen molar-refractivity contribution in [3.05, 3.63) is 29.3 Å². The molecule has 1 saturated heterocycles. The number of anilines is 1. The lowest BCUT2D eigenvalue weighted by Gasteiger charge is -2.20. The van der Waals surface area contributed by atoms with Crippen LogP contribution in [-0.4, -0.2) is 59.9 Å². The van der Waals surface area contributed by atoms with E-state index in [1.54, 1.807) is 7.05 Å². The van der Waals surface area contributed by atoms with Crippen LogP contribution in [0.4, 0.5) is 5.69 Å². The van der Waals surface area contributed by atoms with Crippen LogP contribution >= 0.6 is 11.6 Å². The van der Waals surface area contributed by atoms with Crippen LogP contribution in [0.15, 0.2) is 29.3 Å². The van der Waals surface area contributed by atoms with Crippen LogP contribution in [-0.2, 0) is 10.0 Å². The molecule has 1 fully saturated rings. The van der Waals surface area contributed by atoms with E-state index in [9.17, 15) is 8.42 Å². The summed E-state index contributed by atoms with van der Waals surface area (Å²) in [6.07, 6.45) is 2.14. The smallest absolute Gasteiger partial charge is 0.208 e. The minimum absolute atomic E-state index is 0.276. The van der Waals surface area contributed by atoms with Gasteiger partial charge >= 0.3 is 0 Å². The molecule has 9 heteroatoms. The molecule has 3 N–H and O–H groups in total. The van der Waals surface area contributed by atoms with Gasteiger partial charge < -0.3 is 15.5 Å². The first-order valence-corrected chi connectivity index (χ1v) is 10.1. The molecule has 0 aliphatic carbocycles. The summed E-state index contributed by atoms with van der Waals surface area (Å²) >= 11 is 6.05. The fraction of sp³-hybridized carbons (Fsp3) is 0.533. The van der Waals surface area contributed by atoms with Gasteiger partial charge in [-0.05, 0) is 24.6 Å². The van der Waals surface area contributed by atoms with Gasteiger partial charge in [0.1, 0.15) is 0 Å². The van der Waals surface area contributed by atoms with Gasteiger partial charge in [-0.1, -0.05) is 17.7 Å². The Balaban J connectivity index is 1.78. The largest absolute Gasteiger partial charge is 0.369 e. The molecule has 1 aliphatic heterocycles. The molecule has 0 aromatic heterocycles. The molecule has 1 unspecified atom stereocenters. The minimum Gasteiger partial charge on any atom is -0.369 e. The lowest BCUT2D eigenvalue weighted by molar-refractivity contribution is 0.585. The summed E-state index contributed by atoms with van der Waals surface area (Å²) in [6.45, 7) is 2.60. The quantitative estimate of drug-likeness (QED) is 0.387. The lowest BCUT2D eigenvalue weighted by atomic mass is 10.3. The van der Waals surface area contributed by atoms with Crippen molar-refractivity contribution in [3.8, 4) is 0 Å². The lowest BCUT2D eigenvalue weighted by Crippen LogP contribution is -2.46. The molecule has 0 bridgehead atoms. The molecular formula is C15H24ClN5O2S. The number of nitrogens with zero attached hydrogens (tertiary/aromatic N) is 2. The van der Waals surface area contributed by atoms with Crippen LogP contribution in [0.5, 0.6) is 0 Å². The predicted molar refractivity (Wildman–Crippen MR) is 99.4 cm³/mol. The number of nitrogens with one attached hydrogen (secondary N) is 3. The van der Waals surface area contributed by atoms with Gasteiger partial charge in [-0.3, -0.25) is 4.99 Å². The number of halogens is 1. The Labute approximate surface area is 148 Å². The Kier molecular flexibility index (Phi) is 6.70. The molecule has 0 spiro atoms. The van der Waals surface area contributed by atoms with E-state index < -0.39 is 10.0 Å². The standard InChI is InChI=1S/C15H24ClN5O2S/c1-17-15(18-7-8-19-24(2,22)23)20-13-6-9-21(11-13)14-5-3-4-12(16)10-14/h3-5,10,13,19H,6-9,11H2,1-2H3,(H2,17,18,20). The van der Waals surface area contributed by atoms with Crippen molar-refractivity contribution < 1.29 is 8.42 Å². The first kappa shape index (κ1) is 18.8. The third kappa shape index (κ3) is 6.18. The monoisotopic (exact) mass is 373 g/mol. The minimum atomic E-state index is -3.16. The van der Waals surface area contributed by atoms with E-state index in [1.807, 2.05) is 18.2 Å². The molecule has 0 radical (unpaired) electrons. The van der Waals surface area contributed by atoms with Gasteiger partial charge in [0, 0.05) is 50.0 Å². The van der Waals surface area contributed by atoms with E-state index in [0.717, 1.165) is 36.5 Å². The van der Waals surface area contributed by atoms with Gasteiger partial charge in [0.2, 0.25) is 10.0 Å². The van der Waals surface area contributed by atoms with E-state index in [4.69, 9.17) is 11.6 Å². The SMILES string of the molecule is CN=C(NCCNS(C)(=O)=O)NC1CCN(c2cccc(Cl)c2)C1. The second kappa shape index (κ2) is 8.55. The summed E-state index contributed by atoms with van der Waals surface area (Å²) in [5, 5.41) is 7.21. The molecule has 1 heterocycles. The van der Waals surface area contributed by atoms with Crippen LogP contribution in [0.3, 0.4) is 0 Å². The number of guanidine groups is 1. The molecule has 7 nitrogen and oxygen atoms in total. The maximum absolute atomic E-state index is 11.0. The molecule has 0 amide bonds. The number of hydrogen-bond donors (Lipinski definition) is 3. The summed E-state index contributed by atoms with van der Waals surface area (Å²) in [4.78, 5) is 6.45. The predicted octanol–water partition coefficient (Wildman–Crippen LogP) is 0.633. The van der Waals surface area contributed by atoms with Crippen molar-refractivity contribution in [1.82, 2.24) is 15.4 Å². The van der Waals surface area contributed by atoms with Gasteiger partial charge in [-0.15, -0.1) is 0 Å². The highest BCUT2D eigenvalue weighted by atomic mass is 35.5. The van der Waals surface area contributed by atoms with Crippen molar-refractivity contribution >= 4 is 33.3 Å². The van der Waals surface area contributed by atoms with E-state index in [1.165, 1.54) is 0 Å². The number of hydrogen-bond acceptors (Lipinski definition) is 4. The average molecular weight is 374 g/mol. The zero-order valence-electron chi connectivity index (χ0n) is 13.9. The Hall–Kier alpha value is -1.51. The van der Waals surface area contributed by atoms with Crippen molar-refractivity contribution in [3.63, 3.8) is 0 Å². The highest BCUT2D eigenvalue weighted by Crippen LogP contribution is 2.23. The van der Waals surface area contributed by atoms with E-state index in [0.29, 0.717) is 19.0 Å². The van der Waals surface area contributed by atoms with Gasteiger partial charge in [0.15, 0.2) is 5.96 Å². The summed E-state index contributed by atoms with van der Waals surface area (Å²) < 4.78 is 24.5. The first-order valence-electron chi connectivity index (χ1n) is 7.80. The zero-order chi connectivity index (χ0) is 17.6. The summed E-state index contributed by atoms with van der Waals surface area (Å²) in [6, 6.07) is 8.12. The van der Waals surface area contributed by atoms with Crippen molar-refractivity contribution in [2.75, 3.05) is 44.4 Å². The van der Waals surface area contributed by atoms with Crippen molar-refractivity contribution in [2.45, 2.75) is 12.5 Å². The summed E-state index contributed by atoms with van der Waals surface area (Å²) in [5.74, 6) is 0.670. The first-order chi connectivity index (χ1) is 11.4. The zero-order valence-corrected chi connectivity index (χ0v) is 15.5. The third-order valence-corrected chi connectivity index (χ3v) is 4.67. The topological polar surface area (TPSA) is 85.8 Å². The molecule has 2 rings (SSSR count). The Morgan fingerprint density at radius 2 is 2.21 bits per heavy atom. The van der Waals surface area contributed by atoms with Crippen LogP contribution in [0.2, 0.25) is 5.02 Å². The second-order valence-corrected chi connectivity index (χ2v) is 7.99. The maximum Gasteiger partial charge on any atom is 0.208 e. The van der Waals surface area contributed by atoms with Crippen LogP contribution in [0.1, 0.15) is 6.42 Å². The molecule has 1 aromatic rings. The van der Waals surface area contributed by atoms with E-state index in [-0.39, 0.29) is 6.04 Å². The fourth-order valence-electron chi connectivity index (χ4n) is 2.59. The van der Waals surface area contributed by atoms with Crippen LogP contribution in [0, 0.1) is 0 Å². The van der Waals surface area contributed by atoms with Gasteiger partial charge in [-0.2, -0.15) is 0 Å². The summed E-state index contributed by atoms with van der Waals surface area (Å²) in [7, 11) is -1.46. The molecule has 134 valence electrons. The van der Waals surface area contributed by atoms with Gasteiger partial charge in [0.05, 0.1) is 6.26 Å². The second-order valence-electron chi connectivity index (χ2n) is 5.72. The van der Waals surface area contributed by atoms with Crippen LogP contribution < -0.4 is 20.3 Å². The average Bonchev–Trinajstić information content (AvgIpc) is 2.98. The molecule has 24 heavy (non-hydrogen) atoms. The number of aliphatic imine (C=N–C) groups is 1. The number of benzene rings is 1. The highest BCUT2D eigenvalue weighted by Gasteiger charge is 2.23.